The summed E-state index contributed by atoms with van der Waals surface area (Å²) in [7, 11) is 0. The van der Waals surface area contributed by atoms with Gasteiger partial charge in [-0.2, -0.15) is 68.8 Å². The van der Waals surface area contributed by atoms with Crippen molar-refractivity contribution in [3.05, 3.63) is 0 Å². The normalized spacial score (nSPS) is 16.2. The van der Waals surface area contributed by atoms with E-state index in [2.05, 4.69) is 0 Å². The van der Waals surface area contributed by atoms with Crippen LogP contribution in [0.15, 0.2) is 0 Å². The standard InChI is InChI=1S/C15H16F13NO5S/c16-10(17,1-2-35-5-6(30)4-29-7(9(33)34)3-8(31)32)11(18,19)12(20,21)13(22,23)14(24,25)15(26,27)28/h6-7,29-30H,1-5H2,(H,31,32)(H,33,34)/t6?,7-/m0/s1. The van der Waals surface area contributed by atoms with Crippen LogP contribution in [0.4, 0.5) is 57.1 Å². The number of aliphatic hydroxyl groups is 1. The van der Waals surface area contributed by atoms with Gasteiger partial charge < -0.3 is 20.6 Å². The van der Waals surface area contributed by atoms with Crippen molar-refractivity contribution >= 4 is 23.7 Å². The number of nitrogens with one attached hydrogen (secondary N) is 1. The topological polar surface area (TPSA) is 107 Å². The van der Waals surface area contributed by atoms with Crippen LogP contribution in [-0.4, -0.2) is 93.2 Å². The zero-order chi connectivity index (χ0) is 28.3. The average molecular weight is 569 g/mol. The molecule has 0 aliphatic heterocycles. The van der Waals surface area contributed by atoms with Crippen LogP contribution in [0.25, 0.3) is 0 Å². The molecular formula is C15H16F13NO5S. The number of alkyl halides is 13. The number of rotatable bonds is 15. The van der Waals surface area contributed by atoms with E-state index in [9.17, 15) is 71.8 Å². The van der Waals surface area contributed by atoms with E-state index >= 15 is 0 Å². The number of carboxylic acids is 2. The van der Waals surface area contributed by atoms with Crippen molar-refractivity contribution in [2.45, 2.75) is 60.8 Å². The fraction of sp³-hybridized carbons (Fsp3) is 0.867. The van der Waals surface area contributed by atoms with Gasteiger partial charge in [0.1, 0.15) is 6.04 Å². The first-order valence-corrected chi connectivity index (χ1v) is 9.92. The van der Waals surface area contributed by atoms with Gasteiger partial charge in [-0.15, -0.1) is 0 Å². The lowest BCUT2D eigenvalue weighted by Crippen LogP contribution is -2.70. The number of aliphatic hydroxyl groups excluding tert-OH is 1. The molecule has 2 atom stereocenters. The average Bonchev–Trinajstić information content (AvgIpc) is 2.66. The van der Waals surface area contributed by atoms with Gasteiger partial charge in [0, 0.05) is 18.7 Å². The molecular weight excluding hydrogens is 553 g/mol. The number of carboxylic acid groups (broad SMARTS) is 2. The quantitative estimate of drug-likeness (QED) is 0.176. The number of aliphatic carboxylic acids is 2. The molecule has 0 bridgehead atoms. The van der Waals surface area contributed by atoms with Gasteiger partial charge in [0.05, 0.1) is 12.5 Å². The molecule has 0 fully saturated rings. The van der Waals surface area contributed by atoms with Gasteiger partial charge in [-0.05, 0) is 5.75 Å². The van der Waals surface area contributed by atoms with Gasteiger partial charge in [0.2, 0.25) is 0 Å². The molecule has 0 radical (unpaired) electrons. The van der Waals surface area contributed by atoms with Crippen LogP contribution in [0.2, 0.25) is 0 Å². The number of halogens is 13. The Bertz CT molecular complexity index is 747. The van der Waals surface area contributed by atoms with Crippen molar-refractivity contribution < 1.29 is 82.0 Å². The molecule has 20 heteroatoms. The second-order valence-corrected chi connectivity index (χ2v) is 8.03. The Balaban J connectivity index is 5.19. The maximum atomic E-state index is 13.6. The first kappa shape index (κ1) is 33.3. The lowest BCUT2D eigenvalue weighted by Gasteiger charge is -2.39. The van der Waals surface area contributed by atoms with Crippen LogP contribution in [0.1, 0.15) is 12.8 Å². The predicted molar refractivity (Wildman–Crippen MR) is 90.4 cm³/mol. The summed E-state index contributed by atoms with van der Waals surface area (Å²) in [5.74, 6) is -42.5. The molecule has 0 saturated heterocycles. The van der Waals surface area contributed by atoms with E-state index in [0.29, 0.717) is 0 Å². The zero-order valence-corrected chi connectivity index (χ0v) is 17.5. The monoisotopic (exact) mass is 569 g/mol. The first-order chi connectivity index (χ1) is 15.4. The summed E-state index contributed by atoms with van der Waals surface area (Å²) in [5, 5.41) is 28.8. The van der Waals surface area contributed by atoms with Gasteiger partial charge in [0.25, 0.3) is 0 Å². The Morgan fingerprint density at radius 3 is 1.63 bits per heavy atom. The molecule has 0 aromatic heterocycles. The third-order valence-electron chi connectivity index (χ3n) is 4.15. The minimum Gasteiger partial charge on any atom is -0.481 e. The zero-order valence-electron chi connectivity index (χ0n) is 16.7. The summed E-state index contributed by atoms with van der Waals surface area (Å²) in [6, 6.07) is -1.71. The van der Waals surface area contributed by atoms with E-state index in [1.54, 1.807) is 0 Å². The largest absolute Gasteiger partial charge is 0.481 e. The Labute approximate surface area is 190 Å². The maximum Gasteiger partial charge on any atom is 0.460 e. The minimum atomic E-state index is -7.98. The van der Waals surface area contributed by atoms with E-state index in [1.807, 2.05) is 5.32 Å². The molecule has 0 saturated carbocycles. The number of thioether (sulfide) groups is 1. The van der Waals surface area contributed by atoms with Crippen molar-refractivity contribution in [1.29, 1.82) is 0 Å². The Morgan fingerprint density at radius 2 is 1.23 bits per heavy atom. The maximum absolute atomic E-state index is 13.6. The highest BCUT2D eigenvalue weighted by Crippen LogP contribution is 2.60. The minimum absolute atomic E-state index is 0.0786. The molecule has 6 nitrogen and oxygen atoms in total. The fourth-order valence-electron chi connectivity index (χ4n) is 2.14. The highest BCUT2D eigenvalue weighted by molar-refractivity contribution is 7.99. The summed E-state index contributed by atoms with van der Waals surface area (Å²) in [4.78, 5) is 21.3. The van der Waals surface area contributed by atoms with Crippen LogP contribution in [0.3, 0.4) is 0 Å². The number of hydrogen-bond acceptors (Lipinski definition) is 5. The molecule has 0 aromatic carbocycles. The third-order valence-corrected chi connectivity index (χ3v) is 5.26. The molecule has 0 rings (SSSR count). The summed E-state index contributed by atoms with van der Waals surface area (Å²) < 4.78 is 169. The molecule has 0 aliphatic rings. The molecule has 0 aliphatic carbocycles. The van der Waals surface area contributed by atoms with Gasteiger partial charge in [0.15, 0.2) is 0 Å². The van der Waals surface area contributed by atoms with Crippen molar-refractivity contribution in [2.24, 2.45) is 0 Å². The molecule has 0 heterocycles. The second kappa shape index (κ2) is 11.1. The first-order valence-electron chi connectivity index (χ1n) is 8.76. The van der Waals surface area contributed by atoms with E-state index < -0.39 is 90.8 Å². The summed E-state index contributed by atoms with van der Waals surface area (Å²) in [6.07, 6.45) is -12.6. The second-order valence-electron chi connectivity index (χ2n) is 6.88. The van der Waals surface area contributed by atoms with E-state index in [0.717, 1.165) is 0 Å². The molecule has 0 spiro atoms. The van der Waals surface area contributed by atoms with Crippen molar-refractivity contribution in [3.63, 3.8) is 0 Å². The van der Waals surface area contributed by atoms with E-state index in [1.165, 1.54) is 0 Å². The smallest absolute Gasteiger partial charge is 0.460 e. The molecule has 35 heavy (non-hydrogen) atoms. The van der Waals surface area contributed by atoms with Gasteiger partial charge >= 0.3 is 47.7 Å². The van der Waals surface area contributed by atoms with Crippen molar-refractivity contribution in [2.75, 3.05) is 18.1 Å². The summed E-state index contributed by atoms with van der Waals surface area (Å²) in [6.45, 7) is -0.694. The highest BCUT2D eigenvalue weighted by atomic mass is 32.2. The molecule has 0 aromatic rings. The van der Waals surface area contributed by atoms with Gasteiger partial charge in [-0.25, -0.2) is 0 Å². The van der Waals surface area contributed by atoms with Crippen LogP contribution in [-0.2, 0) is 9.59 Å². The SMILES string of the molecule is O=C(O)C[C@H](NCC(O)CSCCC(F)(F)C(F)(F)C(F)(F)C(F)(F)C(F)(F)C(F)(F)F)C(=O)O. The Kier molecular flexibility index (Phi) is 10.6. The molecule has 4 N–H and O–H groups in total. The Morgan fingerprint density at radius 1 is 0.771 bits per heavy atom. The van der Waals surface area contributed by atoms with Crippen LogP contribution in [0, 0.1) is 0 Å². The van der Waals surface area contributed by atoms with Crippen LogP contribution >= 0.6 is 11.8 Å². The fourth-order valence-corrected chi connectivity index (χ4v) is 3.09. The van der Waals surface area contributed by atoms with Gasteiger partial charge in [-0.1, -0.05) is 0 Å². The summed E-state index contributed by atoms with van der Waals surface area (Å²) in [5.41, 5.74) is 0. The summed E-state index contributed by atoms with van der Waals surface area (Å²) >= 11 is 0.0786. The predicted octanol–water partition coefficient (Wildman–Crippen LogP) is 3.73. The third kappa shape index (κ3) is 7.17. The van der Waals surface area contributed by atoms with E-state index in [4.69, 9.17) is 10.2 Å². The number of carbonyl (C=O) groups is 2. The lowest BCUT2D eigenvalue weighted by atomic mass is 9.93. The van der Waals surface area contributed by atoms with Crippen LogP contribution in [0.5, 0.6) is 0 Å². The molecule has 0 amide bonds. The van der Waals surface area contributed by atoms with Crippen LogP contribution < -0.4 is 5.32 Å². The Hall–Kier alpha value is -1.70. The highest BCUT2D eigenvalue weighted by Gasteiger charge is 2.90. The van der Waals surface area contributed by atoms with Crippen molar-refractivity contribution in [3.8, 4) is 0 Å². The van der Waals surface area contributed by atoms with Crippen molar-refractivity contribution in [1.82, 2.24) is 5.32 Å². The lowest BCUT2D eigenvalue weighted by molar-refractivity contribution is -0.439. The molecule has 208 valence electrons. The number of hydrogen-bond donors (Lipinski definition) is 4. The van der Waals surface area contributed by atoms with E-state index in [-0.39, 0.29) is 11.8 Å². The van der Waals surface area contributed by atoms with Gasteiger partial charge in [-0.3, -0.25) is 9.59 Å². The molecule has 1 unspecified atom stereocenters.